The lowest BCUT2D eigenvalue weighted by Gasteiger charge is -2.44. The van der Waals surface area contributed by atoms with Crippen molar-refractivity contribution < 1.29 is 19.4 Å². The van der Waals surface area contributed by atoms with Gasteiger partial charge in [0, 0.05) is 42.8 Å². The van der Waals surface area contributed by atoms with Crippen molar-refractivity contribution >= 4 is 17.7 Å². The molecule has 1 aromatic carbocycles. The third-order valence-corrected chi connectivity index (χ3v) is 6.03. The second kappa shape index (κ2) is 8.67. The minimum atomic E-state index is -0.918. The number of ether oxygens (including phenoxy) is 2. The number of amides is 1. The average Bonchev–Trinajstić information content (AvgIpc) is 2.69. The van der Waals surface area contributed by atoms with Crippen LogP contribution in [-0.4, -0.2) is 66.9 Å². The van der Waals surface area contributed by atoms with Gasteiger partial charge < -0.3 is 24.4 Å². The topological polar surface area (TPSA) is 62.2 Å². The molecule has 0 radical (unpaired) electrons. The number of piperidine rings is 2. The van der Waals surface area contributed by atoms with Crippen molar-refractivity contribution in [1.29, 1.82) is 0 Å². The molecular weight excluding hydrogens is 368 g/mol. The molecule has 3 rings (SSSR count). The highest BCUT2D eigenvalue weighted by molar-refractivity contribution is 6.30. The van der Waals surface area contributed by atoms with Gasteiger partial charge in [0.05, 0.1) is 19.3 Å². The number of hydrogen-bond acceptors (Lipinski definition) is 5. The van der Waals surface area contributed by atoms with Crippen LogP contribution in [0.1, 0.15) is 38.2 Å². The molecule has 0 spiro atoms. The second-order valence-corrected chi connectivity index (χ2v) is 7.77. The van der Waals surface area contributed by atoms with E-state index in [9.17, 15) is 9.90 Å². The van der Waals surface area contributed by atoms with Gasteiger partial charge in [-0.1, -0.05) is 11.6 Å². The van der Waals surface area contributed by atoms with E-state index in [1.807, 2.05) is 19.1 Å². The van der Waals surface area contributed by atoms with E-state index in [4.69, 9.17) is 21.1 Å². The zero-order valence-electron chi connectivity index (χ0n) is 16.1. The lowest BCUT2D eigenvalue weighted by atomic mass is 9.83. The molecule has 150 valence electrons. The van der Waals surface area contributed by atoms with Gasteiger partial charge in [-0.3, -0.25) is 0 Å². The molecule has 2 saturated heterocycles. The molecule has 0 aliphatic carbocycles. The van der Waals surface area contributed by atoms with E-state index in [0.717, 1.165) is 44.6 Å². The van der Waals surface area contributed by atoms with Gasteiger partial charge >= 0.3 is 6.09 Å². The molecule has 1 N–H and O–H groups in total. The number of carbonyl (C=O) groups is 1. The number of methoxy groups -OCH3 is 1. The van der Waals surface area contributed by atoms with Crippen molar-refractivity contribution in [2.24, 2.45) is 0 Å². The van der Waals surface area contributed by atoms with Crippen LogP contribution in [0.15, 0.2) is 18.2 Å². The van der Waals surface area contributed by atoms with Gasteiger partial charge in [0.1, 0.15) is 5.75 Å². The third kappa shape index (κ3) is 4.50. The number of aliphatic hydroxyl groups is 1. The summed E-state index contributed by atoms with van der Waals surface area (Å²) in [5.41, 5.74) is -0.146. The first-order chi connectivity index (χ1) is 13.0. The lowest BCUT2D eigenvalue weighted by molar-refractivity contribution is -0.0428. The summed E-state index contributed by atoms with van der Waals surface area (Å²) < 4.78 is 10.5. The molecule has 2 fully saturated rings. The smallest absolute Gasteiger partial charge is 0.409 e. The zero-order chi connectivity index (χ0) is 19.4. The quantitative estimate of drug-likeness (QED) is 0.846. The largest absolute Gasteiger partial charge is 0.496 e. The van der Waals surface area contributed by atoms with Crippen molar-refractivity contribution in [3.05, 3.63) is 28.8 Å². The Balaban J connectivity index is 1.58. The zero-order valence-corrected chi connectivity index (χ0v) is 16.9. The molecule has 7 heteroatoms. The Morgan fingerprint density at radius 3 is 2.52 bits per heavy atom. The highest BCUT2D eigenvalue weighted by Gasteiger charge is 2.39. The highest BCUT2D eigenvalue weighted by Crippen LogP contribution is 2.40. The fourth-order valence-electron chi connectivity index (χ4n) is 4.20. The molecule has 1 aromatic rings. The van der Waals surface area contributed by atoms with Gasteiger partial charge in [0.15, 0.2) is 0 Å². The highest BCUT2D eigenvalue weighted by atomic mass is 35.5. The molecule has 2 aliphatic heterocycles. The monoisotopic (exact) mass is 396 g/mol. The van der Waals surface area contributed by atoms with Crippen LogP contribution in [0.4, 0.5) is 4.79 Å². The Bertz CT molecular complexity index is 653. The van der Waals surface area contributed by atoms with Gasteiger partial charge in [-0.05, 0) is 50.8 Å². The molecule has 0 bridgehead atoms. The van der Waals surface area contributed by atoms with Crippen LogP contribution in [0.2, 0.25) is 5.02 Å². The van der Waals surface area contributed by atoms with Crippen molar-refractivity contribution in [2.45, 2.75) is 44.2 Å². The van der Waals surface area contributed by atoms with Gasteiger partial charge in [0.25, 0.3) is 0 Å². The maximum atomic E-state index is 11.8. The van der Waals surface area contributed by atoms with Crippen LogP contribution in [0, 0.1) is 0 Å². The Kier molecular flexibility index (Phi) is 6.50. The second-order valence-electron chi connectivity index (χ2n) is 7.33. The van der Waals surface area contributed by atoms with Gasteiger partial charge in [0.2, 0.25) is 0 Å². The number of rotatable bonds is 4. The van der Waals surface area contributed by atoms with E-state index in [0.29, 0.717) is 36.3 Å². The average molecular weight is 397 g/mol. The summed E-state index contributed by atoms with van der Waals surface area (Å²) in [4.78, 5) is 16.1. The van der Waals surface area contributed by atoms with Gasteiger partial charge in [-0.25, -0.2) is 4.79 Å². The fraction of sp³-hybridized carbons (Fsp3) is 0.650. The van der Waals surface area contributed by atoms with Crippen LogP contribution >= 0.6 is 11.6 Å². The number of hydrogen-bond donors (Lipinski definition) is 1. The van der Waals surface area contributed by atoms with Crippen LogP contribution in [0.3, 0.4) is 0 Å². The summed E-state index contributed by atoms with van der Waals surface area (Å²) in [6.07, 6.45) is 2.95. The van der Waals surface area contributed by atoms with Gasteiger partial charge in [-0.2, -0.15) is 0 Å². The molecular formula is C20H29ClN2O4. The molecule has 6 nitrogen and oxygen atoms in total. The maximum Gasteiger partial charge on any atom is 0.409 e. The van der Waals surface area contributed by atoms with Crippen LogP contribution in [-0.2, 0) is 10.3 Å². The summed E-state index contributed by atoms with van der Waals surface area (Å²) in [6.45, 7) is 5.33. The minimum Gasteiger partial charge on any atom is -0.496 e. The van der Waals surface area contributed by atoms with Crippen LogP contribution < -0.4 is 4.74 Å². The summed E-state index contributed by atoms with van der Waals surface area (Å²) >= 11 is 6.15. The van der Waals surface area contributed by atoms with E-state index in [-0.39, 0.29) is 6.09 Å². The summed E-state index contributed by atoms with van der Waals surface area (Å²) in [6, 6.07) is 5.85. The minimum absolute atomic E-state index is 0.211. The number of carbonyl (C=O) groups excluding carboxylic acids is 1. The predicted octanol–water partition coefficient (Wildman–Crippen LogP) is 3.25. The molecule has 1 amide bonds. The summed E-state index contributed by atoms with van der Waals surface area (Å²) in [5, 5.41) is 11.8. The van der Waals surface area contributed by atoms with Crippen molar-refractivity contribution in [3.63, 3.8) is 0 Å². The van der Waals surface area contributed by atoms with E-state index in [2.05, 4.69) is 4.90 Å². The van der Waals surface area contributed by atoms with E-state index in [1.54, 1.807) is 18.1 Å². The van der Waals surface area contributed by atoms with Crippen molar-refractivity contribution in [3.8, 4) is 5.75 Å². The predicted molar refractivity (Wildman–Crippen MR) is 104 cm³/mol. The lowest BCUT2D eigenvalue weighted by Crippen LogP contribution is -2.51. The van der Waals surface area contributed by atoms with Crippen LogP contribution in [0.5, 0.6) is 5.75 Å². The SMILES string of the molecule is CCOC(=O)N1CCC(N2CCC(O)(c3cc(Cl)ccc3OC)CC2)CC1. The van der Waals surface area contributed by atoms with Crippen molar-refractivity contribution in [1.82, 2.24) is 9.80 Å². The van der Waals surface area contributed by atoms with E-state index >= 15 is 0 Å². The normalized spacial score (nSPS) is 21.1. The molecule has 0 unspecified atom stereocenters. The molecule has 0 atom stereocenters. The number of halogens is 1. The Morgan fingerprint density at radius 1 is 1.26 bits per heavy atom. The third-order valence-electron chi connectivity index (χ3n) is 5.79. The van der Waals surface area contributed by atoms with Crippen LogP contribution in [0.25, 0.3) is 0 Å². The number of nitrogens with zero attached hydrogens (tertiary/aromatic N) is 2. The molecule has 2 aliphatic rings. The summed E-state index contributed by atoms with van der Waals surface area (Å²) in [5.74, 6) is 0.679. The number of benzene rings is 1. The molecule has 0 saturated carbocycles. The Labute approximate surface area is 166 Å². The molecule has 27 heavy (non-hydrogen) atoms. The van der Waals surface area contributed by atoms with E-state index < -0.39 is 5.60 Å². The first-order valence-electron chi connectivity index (χ1n) is 9.69. The molecule has 2 heterocycles. The molecule has 0 aromatic heterocycles. The van der Waals surface area contributed by atoms with Crippen molar-refractivity contribution in [2.75, 3.05) is 39.9 Å². The Morgan fingerprint density at radius 2 is 1.93 bits per heavy atom. The van der Waals surface area contributed by atoms with E-state index in [1.165, 1.54) is 0 Å². The Hall–Kier alpha value is -1.50. The first kappa shape index (κ1) is 20.2. The van der Waals surface area contributed by atoms with Gasteiger partial charge in [-0.15, -0.1) is 0 Å². The summed E-state index contributed by atoms with van der Waals surface area (Å²) in [7, 11) is 1.61. The maximum absolute atomic E-state index is 11.8. The fourth-order valence-corrected chi connectivity index (χ4v) is 4.37. The number of likely N-dealkylation sites (tertiary alicyclic amines) is 2. The standard InChI is InChI=1S/C20H29ClN2O4/c1-3-27-19(24)23-10-6-16(7-11-23)22-12-8-20(25,9-13-22)17-14-15(21)4-5-18(17)26-2/h4-5,14,16,25H,3,6-13H2,1-2H3. The first-order valence-corrected chi connectivity index (χ1v) is 10.1.